The van der Waals surface area contributed by atoms with E-state index in [-0.39, 0.29) is 17.1 Å². The van der Waals surface area contributed by atoms with E-state index in [1.165, 1.54) is 12.8 Å². The fourth-order valence-electron chi connectivity index (χ4n) is 5.37. The molecule has 1 aromatic rings. The lowest BCUT2D eigenvalue weighted by atomic mass is 9.75. The number of benzene rings is 1. The Morgan fingerprint density at radius 3 is 2.44 bits per heavy atom. The van der Waals surface area contributed by atoms with Gasteiger partial charge in [0.2, 0.25) is 0 Å². The molecule has 3 saturated carbocycles. The van der Waals surface area contributed by atoms with Crippen LogP contribution in [0, 0.1) is 37.5 Å². The molecular formula is C17H18N2O6. The molecule has 0 amide bonds. The van der Waals surface area contributed by atoms with Crippen molar-refractivity contribution in [1.29, 1.82) is 0 Å². The first-order valence-electron chi connectivity index (χ1n) is 8.54. The fraction of sp³-hybridized carbons (Fsp3) is 0.588. The van der Waals surface area contributed by atoms with Crippen molar-refractivity contribution in [3.05, 3.63) is 44.0 Å². The van der Waals surface area contributed by atoms with Crippen LogP contribution in [0.5, 0.6) is 0 Å². The van der Waals surface area contributed by atoms with E-state index in [0.29, 0.717) is 11.8 Å². The summed E-state index contributed by atoms with van der Waals surface area (Å²) in [5, 5.41) is 22.0. The topological polar surface area (TPSA) is 113 Å². The summed E-state index contributed by atoms with van der Waals surface area (Å²) >= 11 is 0. The molecule has 0 aliphatic heterocycles. The quantitative estimate of drug-likeness (QED) is 0.467. The van der Waals surface area contributed by atoms with Crippen molar-refractivity contribution in [3.63, 3.8) is 0 Å². The Balaban J connectivity index is 1.59. The monoisotopic (exact) mass is 346 g/mol. The van der Waals surface area contributed by atoms with E-state index in [0.717, 1.165) is 43.9 Å². The predicted molar refractivity (Wildman–Crippen MR) is 86.1 cm³/mol. The number of hydrogen-bond donors (Lipinski definition) is 0. The van der Waals surface area contributed by atoms with Crippen molar-refractivity contribution in [2.24, 2.45) is 17.3 Å². The number of nitrogens with zero attached hydrogens (tertiary/aromatic N) is 2. The van der Waals surface area contributed by atoms with Gasteiger partial charge in [0.05, 0.1) is 21.5 Å². The van der Waals surface area contributed by atoms with E-state index >= 15 is 0 Å². The van der Waals surface area contributed by atoms with Crippen LogP contribution in [-0.4, -0.2) is 21.9 Å². The number of fused-ring (bicyclic) bond motifs is 1. The lowest BCUT2D eigenvalue weighted by molar-refractivity contribution is -0.394. The van der Waals surface area contributed by atoms with Crippen LogP contribution < -0.4 is 0 Å². The summed E-state index contributed by atoms with van der Waals surface area (Å²) < 4.78 is 5.72. The molecule has 4 unspecified atom stereocenters. The number of carbonyl (C=O) groups is 1. The molecule has 0 aromatic heterocycles. The van der Waals surface area contributed by atoms with Gasteiger partial charge in [-0.15, -0.1) is 0 Å². The van der Waals surface area contributed by atoms with Crippen molar-refractivity contribution in [1.82, 2.24) is 0 Å². The third-order valence-corrected chi connectivity index (χ3v) is 6.29. The Morgan fingerprint density at radius 2 is 1.80 bits per heavy atom. The second-order valence-electron chi connectivity index (χ2n) is 7.51. The van der Waals surface area contributed by atoms with Gasteiger partial charge in [0.1, 0.15) is 6.10 Å². The largest absolute Gasteiger partial charge is 0.458 e. The van der Waals surface area contributed by atoms with E-state index in [2.05, 4.69) is 0 Å². The van der Waals surface area contributed by atoms with Gasteiger partial charge >= 0.3 is 5.97 Å². The Bertz CT molecular complexity index is 746. The van der Waals surface area contributed by atoms with Crippen molar-refractivity contribution < 1.29 is 19.4 Å². The normalized spacial score (nSPS) is 32.4. The third-order valence-electron chi connectivity index (χ3n) is 6.29. The zero-order valence-electron chi connectivity index (χ0n) is 13.6. The lowest BCUT2D eigenvalue weighted by Crippen LogP contribution is -2.37. The first-order chi connectivity index (χ1) is 11.9. The minimum absolute atomic E-state index is 0.0625. The van der Waals surface area contributed by atoms with Crippen LogP contribution in [0.3, 0.4) is 0 Å². The van der Waals surface area contributed by atoms with E-state index in [9.17, 15) is 25.0 Å². The average molecular weight is 346 g/mol. The summed E-state index contributed by atoms with van der Waals surface area (Å²) in [7, 11) is 0. The maximum atomic E-state index is 12.5. The zero-order valence-corrected chi connectivity index (χ0v) is 13.6. The highest BCUT2D eigenvalue weighted by molar-refractivity contribution is 5.91. The Kier molecular flexibility index (Phi) is 3.52. The molecule has 4 rings (SSSR count). The number of nitro benzene ring substituents is 2. The minimum atomic E-state index is -0.743. The standard InChI is InChI=1S/C17H18N2O6/c20-16(11-6-13(18(21)22)8-14(7-11)19(23)24)25-15-5-10-4-12-2-1-3-17(12,15)9-10/h6-8,10,12,15H,1-5,9H2. The average Bonchev–Trinajstić information content (AvgIpc) is 3.22. The van der Waals surface area contributed by atoms with E-state index in [1.54, 1.807) is 0 Å². The first-order valence-corrected chi connectivity index (χ1v) is 8.54. The van der Waals surface area contributed by atoms with Crippen molar-refractivity contribution in [2.45, 2.75) is 44.6 Å². The van der Waals surface area contributed by atoms with Gasteiger partial charge in [-0.25, -0.2) is 4.79 Å². The molecule has 1 aromatic carbocycles. The maximum absolute atomic E-state index is 12.5. The van der Waals surface area contributed by atoms with Crippen LogP contribution in [0.4, 0.5) is 11.4 Å². The Labute approximate surface area is 143 Å². The van der Waals surface area contributed by atoms with Gasteiger partial charge in [0.25, 0.3) is 11.4 Å². The molecule has 2 bridgehead atoms. The molecule has 8 heteroatoms. The number of ether oxygens (including phenoxy) is 1. The molecule has 0 N–H and O–H groups in total. The predicted octanol–water partition coefficient (Wildman–Crippen LogP) is 3.63. The summed E-state index contributed by atoms with van der Waals surface area (Å²) in [4.78, 5) is 33.0. The van der Waals surface area contributed by atoms with Gasteiger partial charge in [-0.3, -0.25) is 20.2 Å². The van der Waals surface area contributed by atoms with Crippen LogP contribution in [0.25, 0.3) is 0 Å². The van der Waals surface area contributed by atoms with Crippen LogP contribution in [0.15, 0.2) is 18.2 Å². The third kappa shape index (κ3) is 2.47. The Hall–Kier alpha value is -2.51. The van der Waals surface area contributed by atoms with Gasteiger partial charge in [-0.05, 0) is 43.9 Å². The smallest absolute Gasteiger partial charge is 0.338 e. The SMILES string of the molecule is O=C(OC1CC2CC3CCCC31C2)c1cc([N+](=O)[O-])cc([N+](=O)[O-])c1. The number of hydrogen-bond acceptors (Lipinski definition) is 6. The second-order valence-corrected chi connectivity index (χ2v) is 7.51. The van der Waals surface area contributed by atoms with Crippen LogP contribution in [0.1, 0.15) is 48.9 Å². The second kappa shape index (κ2) is 5.50. The van der Waals surface area contributed by atoms with Gasteiger partial charge in [0, 0.05) is 17.5 Å². The molecule has 1 spiro atoms. The highest BCUT2D eigenvalue weighted by atomic mass is 16.6. The van der Waals surface area contributed by atoms with Gasteiger partial charge in [-0.1, -0.05) is 6.42 Å². The molecular weight excluding hydrogens is 328 g/mol. The van der Waals surface area contributed by atoms with Gasteiger partial charge < -0.3 is 4.74 Å². The molecule has 0 saturated heterocycles. The van der Waals surface area contributed by atoms with Gasteiger partial charge in [-0.2, -0.15) is 0 Å². The number of rotatable bonds is 4. The number of nitro groups is 2. The minimum Gasteiger partial charge on any atom is -0.458 e. The van der Waals surface area contributed by atoms with Crippen molar-refractivity contribution in [2.75, 3.05) is 0 Å². The lowest BCUT2D eigenvalue weighted by Gasteiger charge is -2.36. The van der Waals surface area contributed by atoms with E-state index in [4.69, 9.17) is 4.74 Å². The summed E-state index contributed by atoms with van der Waals surface area (Å²) in [6.45, 7) is 0. The summed E-state index contributed by atoms with van der Waals surface area (Å²) in [6, 6.07) is 2.94. The molecule has 4 atom stereocenters. The molecule has 8 nitrogen and oxygen atoms in total. The number of non-ortho nitro benzene ring substituents is 2. The highest BCUT2D eigenvalue weighted by Gasteiger charge is 2.61. The molecule has 3 fully saturated rings. The first kappa shape index (κ1) is 16.0. The van der Waals surface area contributed by atoms with Crippen molar-refractivity contribution >= 4 is 17.3 Å². The van der Waals surface area contributed by atoms with Crippen molar-refractivity contribution in [3.8, 4) is 0 Å². The zero-order chi connectivity index (χ0) is 17.8. The maximum Gasteiger partial charge on any atom is 0.338 e. The number of carbonyl (C=O) groups excluding carboxylic acids is 1. The highest BCUT2D eigenvalue weighted by Crippen LogP contribution is 2.65. The van der Waals surface area contributed by atoms with Crippen LogP contribution in [-0.2, 0) is 4.74 Å². The molecule has 3 aliphatic carbocycles. The Morgan fingerprint density at radius 1 is 1.12 bits per heavy atom. The van der Waals surface area contributed by atoms with Crippen LogP contribution in [0.2, 0.25) is 0 Å². The van der Waals surface area contributed by atoms with Gasteiger partial charge in [0.15, 0.2) is 0 Å². The summed E-state index contributed by atoms with van der Waals surface area (Å²) in [6.07, 6.45) is 6.33. The molecule has 0 heterocycles. The summed E-state index contributed by atoms with van der Waals surface area (Å²) in [5.74, 6) is 0.482. The number of esters is 1. The van der Waals surface area contributed by atoms with Crippen LogP contribution >= 0.6 is 0 Å². The van der Waals surface area contributed by atoms with E-state index in [1.807, 2.05) is 0 Å². The molecule has 0 radical (unpaired) electrons. The fourth-order valence-corrected chi connectivity index (χ4v) is 5.37. The molecule has 3 aliphatic rings. The van der Waals surface area contributed by atoms with E-state index < -0.39 is 27.2 Å². The summed E-state index contributed by atoms with van der Waals surface area (Å²) in [5.41, 5.74) is -1.03. The molecule has 25 heavy (non-hydrogen) atoms. The molecule has 132 valence electrons.